The van der Waals surface area contributed by atoms with Crippen LogP contribution in [0.5, 0.6) is 0 Å². The normalized spacial score (nSPS) is 44.4. The summed E-state index contributed by atoms with van der Waals surface area (Å²) in [5.74, 6) is 1.14. The van der Waals surface area contributed by atoms with Crippen LogP contribution in [0, 0.1) is 28.1 Å². The largest absolute Gasteiger partial charge is 0.396 e. The summed E-state index contributed by atoms with van der Waals surface area (Å²) in [6.45, 7) is 12.2. The van der Waals surface area contributed by atoms with E-state index in [0.717, 1.165) is 0 Å². The molecule has 2 aliphatic carbocycles. The van der Waals surface area contributed by atoms with Crippen molar-refractivity contribution in [3.05, 3.63) is 12.2 Å². The zero-order valence-corrected chi connectivity index (χ0v) is 11.4. The van der Waals surface area contributed by atoms with Gasteiger partial charge in [0.1, 0.15) is 0 Å². The average Bonchev–Trinajstić information content (AvgIpc) is 2.32. The lowest BCUT2D eigenvalue weighted by molar-refractivity contribution is 0.0212. The van der Waals surface area contributed by atoms with Gasteiger partial charge in [0.05, 0.1) is 0 Å². The number of rotatable bonds is 1. The fourth-order valence-corrected chi connectivity index (χ4v) is 5.16. The summed E-state index contributed by atoms with van der Waals surface area (Å²) in [6.07, 6.45) is 7.10. The minimum absolute atomic E-state index is 0.248. The summed E-state index contributed by atoms with van der Waals surface area (Å²) in [5.41, 5.74) is 0.896. The second kappa shape index (κ2) is 3.35. The zero-order valence-electron chi connectivity index (χ0n) is 11.4. The molecule has 1 N–H and O–H groups in total. The lowest BCUT2D eigenvalue weighted by Crippen LogP contribution is -2.43. The summed E-state index contributed by atoms with van der Waals surface area (Å²) in [4.78, 5) is 0. The van der Waals surface area contributed by atoms with Crippen molar-refractivity contribution >= 4 is 0 Å². The van der Waals surface area contributed by atoms with Crippen LogP contribution in [-0.4, -0.2) is 11.7 Å². The standard InChI is InChI=1S/C15H26O/c1-13(2)7-6-8-15(5)9-11(10-16)14(3,4)12(13)15/h6-7,11-12,16H,8-10H2,1-5H3. The first-order valence-electron chi connectivity index (χ1n) is 6.52. The molecule has 0 saturated heterocycles. The molecule has 1 saturated carbocycles. The molecule has 0 aromatic rings. The molecular weight excluding hydrogens is 196 g/mol. The lowest BCUT2D eigenvalue weighted by Gasteiger charge is -2.49. The maximum Gasteiger partial charge on any atom is 0.0464 e. The van der Waals surface area contributed by atoms with E-state index in [2.05, 4.69) is 46.8 Å². The van der Waals surface area contributed by atoms with Crippen LogP contribution in [0.2, 0.25) is 0 Å². The highest BCUT2D eigenvalue weighted by atomic mass is 16.3. The molecule has 1 fully saturated rings. The van der Waals surface area contributed by atoms with E-state index in [9.17, 15) is 5.11 Å². The van der Waals surface area contributed by atoms with Gasteiger partial charge in [-0.2, -0.15) is 0 Å². The Hall–Kier alpha value is -0.300. The molecule has 0 aromatic heterocycles. The van der Waals surface area contributed by atoms with Gasteiger partial charge in [0.2, 0.25) is 0 Å². The minimum atomic E-state index is 0.248. The molecule has 0 heterocycles. The number of hydrogen-bond donors (Lipinski definition) is 1. The van der Waals surface area contributed by atoms with Gasteiger partial charge in [-0.05, 0) is 40.9 Å². The third-order valence-corrected chi connectivity index (χ3v) is 5.30. The Morgan fingerprint density at radius 1 is 1.19 bits per heavy atom. The lowest BCUT2D eigenvalue weighted by atomic mass is 9.55. The van der Waals surface area contributed by atoms with Crippen LogP contribution in [0.15, 0.2) is 12.2 Å². The molecule has 1 nitrogen and oxygen atoms in total. The molecule has 0 bridgehead atoms. The predicted octanol–water partition coefficient (Wildman–Crippen LogP) is 3.63. The number of allylic oxidation sites excluding steroid dienone is 2. The second-order valence-electron chi connectivity index (χ2n) is 7.42. The average molecular weight is 222 g/mol. The van der Waals surface area contributed by atoms with Gasteiger partial charge in [-0.25, -0.2) is 0 Å². The smallest absolute Gasteiger partial charge is 0.0464 e. The number of aliphatic hydroxyl groups is 1. The van der Waals surface area contributed by atoms with E-state index in [1.165, 1.54) is 12.8 Å². The summed E-state index contributed by atoms with van der Waals surface area (Å²) in [5, 5.41) is 9.61. The Balaban J connectivity index is 2.46. The molecule has 2 aliphatic rings. The van der Waals surface area contributed by atoms with Crippen molar-refractivity contribution in [2.45, 2.75) is 47.5 Å². The van der Waals surface area contributed by atoms with Crippen molar-refractivity contribution in [2.75, 3.05) is 6.61 Å². The fraction of sp³-hybridized carbons (Fsp3) is 0.867. The highest BCUT2D eigenvalue weighted by Crippen LogP contribution is 2.66. The Labute approximate surface area is 99.9 Å². The molecule has 1 heteroatoms. The third-order valence-electron chi connectivity index (χ3n) is 5.30. The van der Waals surface area contributed by atoms with Gasteiger partial charge in [0, 0.05) is 6.61 Å². The van der Waals surface area contributed by atoms with Crippen molar-refractivity contribution in [1.29, 1.82) is 0 Å². The van der Waals surface area contributed by atoms with Gasteiger partial charge in [0.25, 0.3) is 0 Å². The van der Waals surface area contributed by atoms with E-state index in [-0.39, 0.29) is 10.8 Å². The Bertz CT molecular complexity index is 313. The first-order valence-corrected chi connectivity index (χ1v) is 6.52. The monoisotopic (exact) mass is 222 g/mol. The van der Waals surface area contributed by atoms with E-state index in [1.54, 1.807) is 0 Å². The van der Waals surface area contributed by atoms with Gasteiger partial charge in [-0.1, -0.05) is 46.8 Å². The van der Waals surface area contributed by atoms with Crippen LogP contribution < -0.4 is 0 Å². The Morgan fingerprint density at radius 2 is 1.81 bits per heavy atom. The first-order chi connectivity index (χ1) is 7.24. The third kappa shape index (κ3) is 1.48. The van der Waals surface area contributed by atoms with Gasteiger partial charge < -0.3 is 5.11 Å². The van der Waals surface area contributed by atoms with Crippen molar-refractivity contribution < 1.29 is 5.11 Å². The summed E-state index contributed by atoms with van der Waals surface area (Å²) >= 11 is 0. The van der Waals surface area contributed by atoms with E-state index >= 15 is 0 Å². The van der Waals surface area contributed by atoms with Gasteiger partial charge in [-0.15, -0.1) is 0 Å². The van der Waals surface area contributed by atoms with Crippen molar-refractivity contribution in [3.8, 4) is 0 Å². The van der Waals surface area contributed by atoms with Gasteiger partial charge in [0.15, 0.2) is 0 Å². The molecule has 92 valence electrons. The van der Waals surface area contributed by atoms with Gasteiger partial charge in [-0.3, -0.25) is 0 Å². The van der Waals surface area contributed by atoms with Crippen molar-refractivity contribution in [2.24, 2.45) is 28.1 Å². The number of hydrogen-bond acceptors (Lipinski definition) is 1. The molecule has 0 aliphatic heterocycles. The Kier molecular flexibility index (Phi) is 2.55. The maximum atomic E-state index is 9.61. The molecular formula is C15H26O. The number of aliphatic hydroxyl groups excluding tert-OH is 1. The summed E-state index contributed by atoms with van der Waals surface area (Å²) < 4.78 is 0. The topological polar surface area (TPSA) is 20.2 Å². The highest BCUT2D eigenvalue weighted by molar-refractivity contribution is 5.18. The van der Waals surface area contributed by atoms with E-state index in [0.29, 0.717) is 23.9 Å². The van der Waals surface area contributed by atoms with Crippen LogP contribution >= 0.6 is 0 Å². The van der Waals surface area contributed by atoms with E-state index in [1.807, 2.05) is 0 Å². The predicted molar refractivity (Wildman–Crippen MR) is 68.1 cm³/mol. The van der Waals surface area contributed by atoms with Crippen LogP contribution in [-0.2, 0) is 0 Å². The van der Waals surface area contributed by atoms with Crippen molar-refractivity contribution in [1.82, 2.24) is 0 Å². The zero-order chi connectivity index (χ0) is 12.2. The SMILES string of the molecule is CC1(C)C=CCC2(C)CC(CO)C(C)(C)C12. The highest BCUT2D eigenvalue weighted by Gasteiger charge is 2.59. The molecule has 3 atom stereocenters. The molecule has 0 amide bonds. The van der Waals surface area contributed by atoms with Crippen LogP contribution in [0.25, 0.3) is 0 Å². The molecule has 0 spiro atoms. The van der Waals surface area contributed by atoms with E-state index < -0.39 is 0 Å². The van der Waals surface area contributed by atoms with Crippen LogP contribution in [0.3, 0.4) is 0 Å². The quantitative estimate of drug-likeness (QED) is 0.672. The minimum Gasteiger partial charge on any atom is -0.396 e. The van der Waals surface area contributed by atoms with Gasteiger partial charge >= 0.3 is 0 Å². The Morgan fingerprint density at radius 3 is 2.31 bits per heavy atom. The molecule has 0 aromatic carbocycles. The van der Waals surface area contributed by atoms with Crippen LogP contribution in [0.1, 0.15) is 47.5 Å². The molecule has 2 rings (SSSR count). The second-order valence-corrected chi connectivity index (χ2v) is 7.42. The van der Waals surface area contributed by atoms with E-state index in [4.69, 9.17) is 0 Å². The van der Waals surface area contributed by atoms with Crippen molar-refractivity contribution in [3.63, 3.8) is 0 Å². The summed E-state index contributed by atoms with van der Waals surface area (Å²) in [6, 6.07) is 0. The molecule has 3 unspecified atom stereocenters. The fourth-order valence-electron chi connectivity index (χ4n) is 5.16. The summed E-state index contributed by atoms with van der Waals surface area (Å²) in [7, 11) is 0. The molecule has 16 heavy (non-hydrogen) atoms. The first kappa shape index (κ1) is 12.2. The number of fused-ring (bicyclic) bond motifs is 1. The maximum absolute atomic E-state index is 9.61. The molecule has 0 radical (unpaired) electrons. The van der Waals surface area contributed by atoms with Crippen LogP contribution in [0.4, 0.5) is 0 Å².